The molecule has 0 aliphatic heterocycles. The van der Waals surface area contributed by atoms with Gasteiger partial charge in [0.1, 0.15) is 0 Å². The van der Waals surface area contributed by atoms with E-state index in [0.717, 1.165) is 27.1 Å². The van der Waals surface area contributed by atoms with E-state index in [1.54, 1.807) is 18.3 Å². The molecule has 0 saturated heterocycles. The van der Waals surface area contributed by atoms with Crippen molar-refractivity contribution in [2.75, 3.05) is 10.0 Å². The summed E-state index contributed by atoms with van der Waals surface area (Å²) >= 11 is 3.28. The number of carbonyl (C=O) groups is 2. The minimum absolute atomic E-state index is 0.128. The molecule has 39 heavy (non-hydrogen) atoms. The Morgan fingerprint density at radius 2 is 1.51 bits per heavy atom. The summed E-state index contributed by atoms with van der Waals surface area (Å²) in [5, 5.41) is 6.85. The maximum atomic E-state index is 12.6. The summed E-state index contributed by atoms with van der Waals surface area (Å²) in [4.78, 5) is 24.0. The molecule has 2 amide bonds. The molecule has 0 spiro atoms. The molecule has 9 nitrogen and oxygen atoms in total. The van der Waals surface area contributed by atoms with E-state index >= 15 is 0 Å². The number of rotatable bonds is 8. The zero-order valence-corrected chi connectivity index (χ0v) is 23.8. The second kappa shape index (κ2) is 11.7. The normalized spacial score (nSPS) is 11.4. The Labute approximate surface area is 235 Å². The number of carbonyl (C=O) groups excluding carboxylic acids is 2. The molecule has 4 aromatic rings. The van der Waals surface area contributed by atoms with Gasteiger partial charge in [0.05, 0.1) is 11.1 Å². The third kappa shape index (κ3) is 6.81. The summed E-state index contributed by atoms with van der Waals surface area (Å²) in [6.45, 7) is 5.38. The molecule has 0 aliphatic carbocycles. The van der Waals surface area contributed by atoms with E-state index in [-0.39, 0.29) is 10.8 Å². The van der Waals surface area contributed by atoms with Crippen molar-refractivity contribution in [3.05, 3.63) is 106 Å². The number of benzene rings is 3. The van der Waals surface area contributed by atoms with Gasteiger partial charge in [-0.15, -0.1) is 0 Å². The highest BCUT2D eigenvalue weighted by atomic mass is 79.9. The number of hydrogen-bond acceptors (Lipinski definition) is 5. The number of nitrogens with one attached hydrogen (secondary N) is 3. The SMILES string of the molecule is CC(=O)Nc1ccc(-n2c(C)cc(C=NNC(=O)c3ccc(NS(=O)(=O)c4ccc(Br)cc4)cc3)c2C)cc1. The molecule has 3 N–H and O–H groups in total. The molecule has 0 saturated carbocycles. The van der Waals surface area contributed by atoms with E-state index in [1.807, 2.05) is 44.2 Å². The molecule has 0 bridgehead atoms. The van der Waals surface area contributed by atoms with Crippen molar-refractivity contribution in [1.29, 1.82) is 0 Å². The Kier molecular flexibility index (Phi) is 8.32. The predicted molar refractivity (Wildman–Crippen MR) is 156 cm³/mol. The zero-order chi connectivity index (χ0) is 28.2. The number of amides is 2. The number of hydrazone groups is 1. The van der Waals surface area contributed by atoms with Gasteiger partial charge in [-0.1, -0.05) is 15.9 Å². The zero-order valence-electron chi connectivity index (χ0n) is 21.4. The molecule has 1 heterocycles. The molecule has 200 valence electrons. The Morgan fingerprint density at radius 3 is 2.13 bits per heavy atom. The van der Waals surface area contributed by atoms with Crippen LogP contribution in [0, 0.1) is 13.8 Å². The van der Waals surface area contributed by atoms with Crippen LogP contribution in [0.25, 0.3) is 5.69 Å². The first-order valence-corrected chi connectivity index (χ1v) is 14.1. The highest BCUT2D eigenvalue weighted by Crippen LogP contribution is 2.22. The largest absolute Gasteiger partial charge is 0.326 e. The average molecular weight is 609 g/mol. The molecule has 0 fully saturated rings. The minimum atomic E-state index is -3.75. The second-order valence-electron chi connectivity index (χ2n) is 8.73. The molecule has 0 radical (unpaired) electrons. The molecule has 1 aromatic heterocycles. The summed E-state index contributed by atoms with van der Waals surface area (Å²) in [6.07, 6.45) is 1.57. The lowest BCUT2D eigenvalue weighted by Gasteiger charge is -2.11. The fourth-order valence-corrected chi connectivity index (χ4v) is 5.28. The smallest absolute Gasteiger partial charge is 0.271 e. The van der Waals surface area contributed by atoms with Crippen molar-refractivity contribution in [3.8, 4) is 5.69 Å². The van der Waals surface area contributed by atoms with Crippen LogP contribution in [0.5, 0.6) is 0 Å². The van der Waals surface area contributed by atoms with Crippen molar-refractivity contribution >= 4 is 55.4 Å². The number of aromatic nitrogens is 1. The van der Waals surface area contributed by atoms with Gasteiger partial charge in [0.15, 0.2) is 0 Å². The highest BCUT2D eigenvalue weighted by molar-refractivity contribution is 9.10. The quantitative estimate of drug-likeness (QED) is 0.184. The van der Waals surface area contributed by atoms with Crippen LogP contribution in [0.4, 0.5) is 11.4 Å². The number of aryl methyl sites for hydroxylation is 1. The highest BCUT2D eigenvalue weighted by Gasteiger charge is 2.15. The lowest BCUT2D eigenvalue weighted by Crippen LogP contribution is -2.18. The van der Waals surface area contributed by atoms with Crippen molar-refractivity contribution in [2.45, 2.75) is 25.7 Å². The molecule has 0 unspecified atom stereocenters. The topological polar surface area (TPSA) is 122 Å². The Morgan fingerprint density at radius 1 is 0.897 bits per heavy atom. The van der Waals surface area contributed by atoms with Crippen LogP contribution in [-0.4, -0.2) is 31.0 Å². The van der Waals surface area contributed by atoms with Crippen molar-refractivity contribution in [1.82, 2.24) is 9.99 Å². The van der Waals surface area contributed by atoms with Crippen LogP contribution < -0.4 is 15.5 Å². The van der Waals surface area contributed by atoms with Crippen molar-refractivity contribution < 1.29 is 18.0 Å². The van der Waals surface area contributed by atoms with E-state index < -0.39 is 15.9 Å². The molecule has 0 atom stereocenters. The molecule has 4 rings (SSSR count). The van der Waals surface area contributed by atoms with Gasteiger partial charge < -0.3 is 9.88 Å². The van der Waals surface area contributed by atoms with E-state index in [4.69, 9.17) is 0 Å². The van der Waals surface area contributed by atoms with Gasteiger partial charge in [-0.05, 0) is 92.7 Å². The lowest BCUT2D eigenvalue weighted by atomic mass is 10.2. The third-order valence-electron chi connectivity index (χ3n) is 5.81. The first-order chi connectivity index (χ1) is 18.5. The van der Waals surface area contributed by atoms with Crippen LogP contribution in [-0.2, 0) is 14.8 Å². The first-order valence-electron chi connectivity index (χ1n) is 11.8. The fraction of sp³-hybridized carbons (Fsp3) is 0.107. The van der Waals surface area contributed by atoms with Crippen molar-refractivity contribution in [2.24, 2.45) is 5.10 Å². The minimum Gasteiger partial charge on any atom is -0.326 e. The fourth-order valence-electron chi connectivity index (χ4n) is 3.96. The van der Waals surface area contributed by atoms with Crippen LogP contribution in [0.15, 0.2) is 93.3 Å². The Bertz CT molecular complexity index is 1640. The standard InChI is InChI=1S/C28H26BrN5O4S/c1-18-16-22(19(2)34(18)26-12-10-24(11-13-26)31-20(3)35)17-30-32-28(36)21-4-8-25(9-5-21)33-39(37,38)27-14-6-23(29)7-15-27/h4-17,33H,1-3H3,(H,31,35)(H,32,36). The monoisotopic (exact) mass is 607 g/mol. The van der Waals surface area contributed by atoms with E-state index in [0.29, 0.717) is 16.9 Å². The van der Waals surface area contributed by atoms with Crippen LogP contribution in [0.2, 0.25) is 0 Å². The van der Waals surface area contributed by atoms with E-state index in [1.165, 1.54) is 43.3 Å². The molecular formula is C28H26BrN5O4S. The molecule has 11 heteroatoms. The first kappa shape index (κ1) is 27.8. The number of hydrogen-bond donors (Lipinski definition) is 3. The predicted octanol–water partition coefficient (Wildman–Crippen LogP) is 5.38. The van der Waals surface area contributed by atoms with E-state index in [9.17, 15) is 18.0 Å². The van der Waals surface area contributed by atoms with Gasteiger partial charge in [0.25, 0.3) is 15.9 Å². The van der Waals surface area contributed by atoms with Gasteiger partial charge in [0.2, 0.25) is 5.91 Å². The third-order valence-corrected chi connectivity index (χ3v) is 7.73. The average Bonchev–Trinajstić information content (AvgIpc) is 3.17. The van der Waals surface area contributed by atoms with Crippen LogP contribution >= 0.6 is 15.9 Å². The van der Waals surface area contributed by atoms with Gasteiger partial charge >= 0.3 is 0 Å². The van der Waals surface area contributed by atoms with E-state index in [2.05, 4.69) is 41.1 Å². The Hall–Kier alpha value is -4.22. The number of sulfonamides is 1. The number of anilines is 2. The number of nitrogens with zero attached hydrogens (tertiary/aromatic N) is 2. The van der Waals surface area contributed by atoms with Crippen LogP contribution in [0.1, 0.15) is 34.2 Å². The summed E-state index contributed by atoms with van der Waals surface area (Å²) < 4.78 is 30.4. The maximum absolute atomic E-state index is 12.6. The van der Waals surface area contributed by atoms with Gasteiger partial charge in [-0.3, -0.25) is 14.3 Å². The van der Waals surface area contributed by atoms with Crippen molar-refractivity contribution in [3.63, 3.8) is 0 Å². The van der Waals surface area contributed by atoms with Gasteiger partial charge in [0, 0.05) is 51.0 Å². The summed E-state index contributed by atoms with van der Waals surface area (Å²) in [5.41, 5.74) is 7.54. The van der Waals surface area contributed by atoms with Gasteiger partial charge in [-0.2, -0.15) is 5.10 Å². The molecule has 0 aliphatic rings. The molecular weight excluding hydrogens is 582 g/mol. The van der Waals surface area contributed by atoms with Crippen LogP contribution in [0.3, 0.4) is 0 Å². The summed E-state index contributed by atoms with van der Waals surface area (Å²) in [6, 6.07) is 21.8. The summed E-state index contributed by atoms with van der Waals surface area (Å²) in [7, 11) is -3.75. The second-order valence-corrected chi connectivity index (χ2v) is 11.3. The molecule has 3 aromatic carbocycles. The van der Waals surface area contributed by atoms with Gasteiger partial charge in [-0.25, -0.2) is 13.8 Å². The Balaban J connectivity index is 1.40. The number of halogens is 1. The summed E-state index contributed by atoms with van der Waals surface area (Å²) in [5.74, 6) is -0.565. The maximum Gasteiger partial charge on any atom is 0.271 e. The lowest BCUT2D eigenvalue weighted by molar-refractivity contribution is -0.114.